The maximum absolute atomic E-state index is 12.4. The summed E-state index contributed by atoms with van der Waals surface area (Å²) in [4.78, 5) is 2.11. The molecule has 0 saturated carbocycles. The number of rotatable bonds is 3. The first-order valence-corrected chi connectivity index (χ1v) is 5.96. The van der Waals surface area contributed by atoms with E-state index in [1.54, 1.807) is 0 Å². The quantitative estimate of drug-likeness (QED) is 0.744. The molecule has 1 saturated heterocycles. The minimum Gasteiger partial charge on any atom is -0.303 e. The van der Waals surface area contributed by atoms with Crippen molar-refractivity contribution in [2.24, 2.45) is 11.8 Å². The van der Waals surface area contributed by atoms with Crippen LogP contribution in [0.3, 0.4) is 0 Å². The van der Waals surface area contributed by atoms with Crippen LogP contribution in [0.25, 0.3) is 0 Å². The Balaban J connectivity index is 2.30. The molecule has 1 aliphatic heterocycles. The second-order valence-electron chi connectivity index (χ2n) is 4.40. The largest absolute Gasteiger partial charge is 0.391 e. The third-order valence-corrected chi connectivity index (χ3v) is 3.56. The summed E-state index contributed by atoms with van der Waals surface area (Å²) >= 11 is 4.17. The fourth-order valence-corrected chi connectivity index (χ4v) is 2.06. The Morgan fingerprint density at radius 2 is 1.87 bits per heavy atom. The van der Waals surface area contributed by atoms with Crippen LogP contribution in [0.1, 0.15) is 19.8 Å². The van der Waals surface area contributed by atoms with Gasteiger partial charge < -0.3 is 4.90 Å². The summed E-state index contributed by atoms with van der Waals surface area (Å²) in [5.74, 6) is 0.162. The summed E-state index contributed by atoms with van der Waals surface area (Å²) in [6.45, 7) is 4.08. The molecular weight excluding hydrogens is 223 g/mol. The van der Waals surface area contributed by atoms with Crippen LogP contribution in [0, 0.1) is 11.8 Å². The van der Waals surface area contributed by atoms with Crippen molar-refractivity contribution in [3.8, 4) is 0 Å². The molecule has 90 valence electrons. The fraction of sp³-hybridized carbons (Fsp3) is 1.00. The third kappa shape index (κ3) is 4.23. The van der Waals surface area contributed by atoms with Crippen LogP contribution in [0.2, 0.25) is 0 Å². The van der Waals surface area contributed by atoms with Crippen molar-refractivity contribution >= 4 is 12.6 Å². The van der Waals surface area contributed by atoms with E-state index in [4.69, 9.17) is 0 Å². The summed E-state index contributed by atoms with van der Waals surface area (Å²) in [7, 11) is 0. The highest BCUT2D eigenvalue weighted by atomic mass is 32.1. The fourth-order valence-electron chi connectivity index (χ4n) is 1.94. The van der Waals surface area contributed by atoms with Crippen molar-refractivity contribution in [3.63, 3.8) is 0 Å². The zero-order valence-corrected chi connectivity index (χ0v) is 9.82. The molecule has 0 aromatic heterocycles. The lowest BCUT2D eigenvalue weighted by atomic mass is 9.96. The van der Waals surface area contributed by atoms with E-state index in [0.717, 1.165) is 12.3 Å². The number of halogens is 3. The highest BCUT2D eigenvalue weighted by Crippen LogP contribution is 2.34. The van der Waals surface area contributed by atoms with Gasteiger partial charge in [-0.2, -0.15) is 25.8 Å². The van der Waals surface area contributed by atoms with Gasteiger partial charge in [-0.3, -0.25) is 0 Å². The van der Waals surface area contributed by atoms with Gasteiger partial charge in [-0.15, -0.1) is 0 Å². The second kappa shape index (κ2) is 5.43. The number of alkyl halides is 3. The molecule has 1 fully saturated rings. The maximum atomic E-state index is 12.4. The minimum atomic E-state index is -4.00. The van der Waals surface area contributed by atoms with Crippen molar-refractivity contribution in [1.29, 1.82) is 0 Å². The molecule has 0 aromatic carbocycles. The Morgan fingerprint density at radius 3 is 2.27 bits per heavy atom. The molecule has 5 heteroatoms. The number of hydrogen-bond donors (Lipinski definition) is 1. The molecule has 0 aromatic rings. The molecular formula is C10H18F3NS. The summed E-state index contributed by atoms with van der Waals surface area (Å²) in [6.07, 6.45) is -3.49. The van der Waals surface area contributed by atoms with Gasteiger partial charge in [-0.05, 0) is 37.6 Å². The average molecular weight is 241 g/mol. The van der Waals surface area contributed by atoms with Gasteiger partial charge in [-0.1, -0.05) is 6.92 Å². The van der Waals surface area contributed by atoms with Gasteiger partial charge >= 0.3 is 6.18 Å². The van der Waals surface area contributed by atoms with E-state index in [1.807, 2.05) is 0 Å². The van der Waals surface area contributed by atoms with Crippen LogP contribution in [0.5, 0.6) is 0 Å². The SMILES string of the molecule is CC(CS)CN1CCC(C(F)(F)F)CC1. The Kier molecular flexibility index (Phi) is 4.77. The molecule has 1 heterocycles. The van der Waals surface area contributed by atoms with Gasteiger partial charge in [0.1, 0.15) is 0 Å². The van der Waals surface area contributed by atoms with Crippen molar-refractivity contribution in [1.82, 2.24) is 4.90 Å². The van der Waals surface area contributed by atoms with E-state index in [-0.39, 0.29) is 12.8 Å². The van der Waals surface area contributed by atoms with Gasteiger partial charge in [0, 0.05) is 6.54 Å². The molecule has 1 atom stereocenters. The number of nitrogens with zero attached hydrogens (tertiary/aromatic N) is 1. The van der Waals surface area contributed by atoms with Crippen LogP contribution in [-0.2, 0) is 0 Å². The number of hydrogen-bond acceptors (Lipinski definition) is 2. The van der Waals surface area contributed by atoms with E-state index in [1.165, 1.54) is 0 Å². The minimum absolute atomic E-state index is 0.253. The normalized spacial score (nSPS) is 23.0. The predicted molar refractivity (Wildman–Crippen MR) is 58.2 cm³/mol. The molecule has 0 radical (unpaired) electrons. The molecule has 1 aliphatic rings. The van der Waals surface area contributed by atoms with Crippen molar-refractivity contribution in [2.45, 2.75) is 25.9 Å². The molecule has 1 nitrogen and oxygen atoms in total. The Bertz CT molecular complexity index is 188. The van der Waals surface area contributed by atoms with Gasteiger partial charge in [0.15, 0.2) is 0 Å². The first-order valence-electron chi connectivity index (χ1n) is 5.33. The second-order valence-corrected chi connectivity index (χ2v) is 4.77. The van der Waals surface area contributed by atoms with E-state index in [2.05, 4.69) is 24.5 Å². The summed E-state index contributed by atoms with van der Waals surface area (Å²) in [6, 6.07) is 0. The molecule has 0 bridgehead atoms. The summed E-state index contributed by atoms with van der Waals surface area (Å²) < 4.78 is 37.1. The van der Waals surface area contributed by atoms with Gasteiger partial charge in [0.25, 0.3) is 0 Å². The van der Waals surface area contributed by atoms with E-state index in [9.17, 15) is 13.2 Å². The first kappa shape index (κ1) is 13.2. The number of thiol groups is 1. The monoisotopic (exact) mass is 241 g/mol. The zero-order valence-electron chi connectivity index (χ0n) is 8.93. The zero-order chi connectivity index (χ0) is 11.5. The summed E-state index contributed by atoms with van der Waals surface area (Å²) in [5, 5.41) is 0. The van der Waals surface area contributed by atoms with Crippen LogP contribution in [0.15, 0.2) is 0 Å². The van der Waals surface area contributed by atoms with Crippen molar-refractivity contribution < 1.29 is 13.2 Å². The van der Waals surface area contributed by atoms with Gasteiger partial charge in [-0.25, -0.2) is 0 Å². The first-order chi connectivity index (χ1) is 6.93. The van der Waals surface area contributed by atoms with Crippen LogP contribution in [-0.4, -0.2) is 36.5 Å². The highest BCUT2D eigenvalue weighted by molar-refractivity contribution is 7.80. The van der Waals surface area contributed by atoms with Crippen LogP contribution >= 0.6 is 12.6 Å². The Labute approximate surface area is 94.4 Å². The third-order valence-electron chi connectivity index (χ3n) is 2.93. The topological polar surface area (TPSA) is 3.24 Å². The smallest absolute Gasteiger partial charge is 0.303 e. The standard InChI is InChI=1S/C10H18F3NS/c1-8(7-15)6-14-4-2-9(3-5-14)10(11,12)13/h8-9,15H,2-7H2,1H3. The predicted octanol–water partition coefficient (Wildman–Crippen LogP) is 2.83. The Hall–Kier alpha value is 0.100. The van der Waals surface area contributed by atoms with Crippen molar-refractivity contribution in [2.75, 3.05) is 25.4 Å². The lowest BCUT2D eigenvalue weighted by Crippen LogP contribution is -2.40. The van der Waals surface area contributed by atoms with Crippen LogP contribution < -0.4 is 0 Å². The lowest BCUT2D eigenvalue weighted by molar-refractivity contribution is -0.185. The van der Waals surface area contributed by atoms with E-state index < -0.39 is 12.1 Å². The highest BCUT2D eigenvalue weighted by Gasteiger charge is 2.40. The van der Waals surface area contributed by atoms with E-state index in [0.29, 0.717) is 19.0 Å². The molecule has 0 spiro atoms. The van der Waals surface area contributed by atoms with Crippen molar-refractivity contribution in [3.05, 3.63) is 0 Å². The van der Waals surface area contributed by atoms with Gasteiger partial charge in [0.2, 0.25) is 0 Å². The number of piperidine rings is 1. The summed E-state index contributed by atoms with van der Waals surface area (Å²) in [5.41, 5.74) is 0. The maximum Gasteiger partial charge on any atom is 0.391 e. The molecule has 0 N–H and O–H groups in total. The number of likely N-dealkylation sites (tertiary alicyclic amines) is 1. The molecule has 1 unspecified atom stereocenters. The van der Waals surface area contributed by atoms with E-state index >= 15 is 0 Å². The molecule has 0 aliphatic carbocycles. The molecule has 15 heavy (non-hydrogen) atoms. The molecule has 0 amide bonds. The lowest BCUT2D eigenvalue weighted by Gasteiger charge is -2.34. The van der Waals surface area contributed by atoms with Gasteiger partial charge in [0.05, 0.1) is 5.92 Å². The molecule has 1 rings (SSSR count). The Morgan fingerprint density at radius 1 is 1.33 bits per heavy atom. The van der Waals surface area contributed by atoms with Crippen LogP contribution in [0.4, 0.5) is 13.2 Å². The average Bonchev–Trinajstić information content (AvgIpc) is 2.17.